The average Bonchev–Trinajstić information content (AvgIpc) is 2.73. The molecule has 0 spiro atoms. The van der Waals surface area contributed by atoms with E-state index in [2.05, 4.69) is 25.7 Å². The zero-order chi connectivity index (χ0) is 11.3. The lowest BCUT2D eigenvalue weighted by Gasteiger charge is -2.34. The predicted molar refractivity (Wildman–Crippen MR) is 64.9 cm³/mol. The summed E-state index contributed by atoms with van der Waals surface area (Å²) in [4.78, 5) is 2.55. The molecule has 0 aromatic carbocycles. The van der Waals surface area contributed by atoms with Crippen molar-refractivity contribution in [1.29, 1.82) is 0 Å². The summed E-state index contributed by atoms with van der Waals surface area (Å²) in [6, 6.07) is 0. The number of likely N-dealkylation sites (tertiary alicyclic amines) is 1. The summed E-state index contributed by atoms with van der Waals surface area (Å²) < 4.78 is 0. The fourth-order valence-corrected chi connectivity index (χ4v) is 2.61. The highest BCUT2D eigenvalue weighted by Crippen LogP contribution is 2.30. The van der Waals surface area contributed by atoms with Crippen molar-refractivity contribution in [3.63, 3.8) is 0 Å². The molecule has 0 aromatic rings. The van der Waals surface area contributed by atoms with Gasteiger partial charge in [-0.3, -0.25) is 0 Å². The van der Waals surface area contributed by atoms with Crippen LogP contribution in [-0.2, 0) is 0 Å². The Morgan fingerprint density at radius 1 is 1.27 bits per heavy atom. The smallest absolute Gasteiger partial charge is 0.0499 e. The van der Waals surface area contributed by atoms with E-state index in [-0.39, 0.29) is 5.41 Å². The van der Waals surface area contributed by atoms with Gasteiger partial charge in [0.1, 0.15) is 0 Å². The molecule has 1 atom stereocenters. The Morgan fingerprint density at radius 3 is 2.33 bits per heavy atom. The third kappa shape index (κ3) is 3.18. The highest BCUT2D eigenvalue weighted by molar-refractivity contribution is 4.84. The summed E-state index contributed by atoms with van der Waals surface area (Å²) >= 11 is 0. The Morgan fingerprint density at radius 2 is 1.93 bits per heavy atom. The molecule has 0 aromatic heterocycles. The first kappa shape index (κ1) is 13.0. The molecule has 0 bridgehead atoms. The fourth-order valence-electron chi connectivity index (χ4n) is 2.61. The number of aliphatic hydroxyl groups excluding tert-OH is 1. The van der Waals surface area contributed by atoms with Crippen molar-refractivity contribution in [1.82, 2.24) is 4.90 Å². The minimum Gasteiger partial charge on any atom is -0.396 e. The van der Waals surface area contributed by atoms with Crippen LogP contribution in [0.5, 0.6) is 0 Å². The SMILES string of the molecule is CCC1CCN(CC(CC)(CC)CO)C1. The lowest BCUT2D eigenvalue weighted by molar-refractivity contribution is 0.0734. The molecule has 1 heterocycles. The Hall–Kier alpha value is -0.0800. The van der Waals surface area contributed by atoms with E-state index in [0.717, 1.165) is 25.3 Å². The van der Waals surface area contributed by atoms with Crippen LogP contribution in [-0.4, -0.2) is 36.2 Å². The molecule has 1 rings (SSSR count). The maximum absolute atomic E-state index is 9.53. The zero-order valence-corrected chi connectivity index (χ0v) is 10.6. The lowest BCUT2D eigenvalue weighted by atomic mass is 9.83. The normalized spacial score (nSPS) is 23.6. The molecule has 2 heteroatoms. The van der Waals surface area contributed by atoms with Crippen LogP contribution < -0.4 is 0 Å². The second-order valence-corrected chi connectivity index (χ2v) is 5.16. The summed E-state index contributed by atoms with van der Waals surface area (Å²) in [5.41, 5.74) is 0.155. The van der Waals surface area contributed by atoms with Gasteiger partial charge in [-0.2, -0.15) is 0 Å². The van der Waals surface area contributed by atoms with Crippen molar-refractivity contribution in [2.75, 3.05) is 26.2 Å². The molecular weight excluding hydrogens is 186 g/mol. The van der Waals surface area contributed by atoms with Gasteiger partial charge in [-0.05, 0) is 31.7 Å². The summed E-state index contributed by atoms with van der Waals surface area (Å²) in [6.45, 7) is 10.6. The third-order valence-corrected chi connectivity index (χ3v) is 4.34. The topological polar surface area (TPSA) is 23.5 Å². The Kier molecular flexibility index (Phi) is 5.07. The van der Waals surface area contributed by atoms with E-state index >= 15 is 0 Å². The molecule has 1 aliphatic heterocycles. The van der Waals surface area contributed by atoms with Crippen LogP contribution in [0.15, 0.2) is 0 Å². The van der Waals surface area contributed by atoms with Crippen LogP contribution in [0.4, 0.5) is 0 Å². The number of aliphatic hydroxyl groups is 1. The Balaban J connectivity index is 2.45. The van der Waals surface area contributed by atoms with Crippen LogP contribution in [0.2, 0.25) is 0 Å². The van der Waals surface area contributed by atoms with Gasteiger partial charge in [0.05, 0.1) is 0 Å². The van der Waals surface area contributed by atoms with Gasteiger partial charge in [0.2, 0.25) is 0 Å². The Bertz CT molecular complexity index is 169. The first-order valence-corrected chi connectivity index (χ1v) is 6.53. The van der Waals surface area contributed by atoms with Gasteiger partial charge in [0.15, 0.2) is 0 Å². The van der Waals surface area contributed by atoms with Crippen molar-refractivity contribution < 1.29 is 5.11 Å². The monoisotopic (exact) mass is 213 g/mol. The van der Waals surface area contributed by atoms with Gasteiger partial charge in [0, 0.05) is 25.1 Å². The summed E-state index contributed by atoms with van der Waals surface area (Å²) in [5, 5.41) is 9.53. The molecule has 90 valence electrons. The minimum atomic E-state index is 0.155. The van der Waals surface area contributed by atoms with Crippen LogP contribution in [0, 0.1) is 11.3 Å². The summed E-state index contributed by atoms with van der Waals surface area (Å²) in [5.74, 6) is 0.898. The Labute approximate surface area is 94.7 Å². The standard InChI is InChI=1S/C13H27NO/c1-4-12-7-8-14(9-12)10-13(5-2,6-3)11-15/h12,15H,4-11H2,1-3H3. The van der Waals surface area contributed by atoms with E-state index < -0.39 is 0 Å². The molecule has 0 saturated carbocycles. The number of hydrogen-bond donors (Lipinski definition) is 1. The van der Waals surface area contributed by atoms with Gasteiger partial charge < -0.3 is 10.0 Å². The van der Waals surface area contributed by atoms with Crippen molar-refractivity contribution in [2.24, 2.45) is 11.3 Å². The van der Waals surface area contributed by atoms with E-state index in [4.69, 9.17) is 0 Å². The molecule has 1 saturated heterocycles. The van der Waals surface area contributed by atoms with Gasteiger partial charge in [-0.1, -0.05) is 27.2 Å². The fraction of sp³-hybridized carbons (Fsp3) is 1.00. The van der Waals surface area contributed by atoms with Crippen molar-refractivity contribution in [3.8, 4) is 0 Å². The first-order chi connectivity index (χ1) is 7.19. The van der Waals surface area contributed by atoms with Gasteiger partial charge in [-0.15, -0.1) is 0 Å². The second-order valence-electron chi connectivity index (χ2n) is 5.16. The molecule has 1 unspecified atom stereocenters. The zero-order valence-electron chi connectivity index (χ0n) is 10.6. The second kappa shape index (κ2) is 5.86. The van der Waals surface area contributed by atoms with E-state index in [0.29, 0.717) is 6.61 Å². The predicted octanol–water partition coefficient (Wildman–Crippen LogP) is 2.52. The lowest BCUT2D eigenvalue weighted by Crippen LogP contribution is -2.38. The number of nitrogens with zero attached hydrogens (tertiary/aromatic N) is 1. The van der Waals surface area contributed by atoms with Crippen molar-refractivity contribution >= 4 is 0 Å². The van der Waals surface area contributed by atoms with Crippen molar-refractivity contribution in [3.05, 3.63) is 0 Å². The van der Waals surface area contributed by atoms with E-state index in [1.54, 1.807) is 0 Å². The molecule has 0 radical (unpaired) electrons. The third-order valence-electron chi connectivity index (χ3n) is 4.34. The van der Waals surface area contributed by atoms with Gasteiger partial charge in [0.25, 0.3) is 0 Å². The maximum Gasteiger partial charge on any atom is 0.0499 e. The molecule has 1 N–H and O–H groups in total. The minimum absolute atomic E-state index is 0.155. The molecule has 2 nitrogen and oxygen atoms in total. The largest absolute Gasteiger partial charge is 0.396 e. The molecular formula is C13H27NO. The maximum atomic E-state index is 9.53. The number of hydrogen-bond acceptors (Lipinski definition) is 2. The van der Waals surface area contributed by atoms with E-state index in [1.807, 2.05) is 0 Å². The van der Waals surface area contributed by atoms with E-state index in [9.17, 15) is 5.11 Å². The molecule has 0 aliphatic carbocycles. The summed E-state index contributed by atoms with van der Waals surface area (Å²) in [6.07, 6.45) is 4.84. The van der Waals surface area contributed by atoms with Crippen molar-refractivity contribution in [2.45, 2.75) is 46.5 Å². The molecule has 1 aliphatic rings. The van der Waals surface area contributed by atoms with Gasteiger partial charge in [-0.25, -0.2) is 0 Å². The highest BCUT2D eigenvalue weighted by atomic mass is 16.3. The number of rotatable bonds is 6. The quantitative estimate of drug-likeness (QED) is 0.733. The van der Waals surface area contributed by atoms with Gasteiger partial charge >= 0.3 is 0 Å². The van der Waals surface area contributed by atoms with Crippen LogP contribution in [0.25, 0.3) is 0 Å². The molecule has 15 heavy (non-hydrogen) atoms. The van der Waals surface area contributed by atoms with E-state index in [1.165, 1.54) is 25.9 Å². The average molecular weight is 213 g/mol. The highest BCUT2D eigenvalue weighted by Gasteiger charge is 2.31. The van der Waals surface area contributed by atoms with Crippen LogP contribution >= 0.6 is 0 Å². The molecule has 0 amide bonds. The van der Waals surface area contributed by atoms with Crippen LogP contribution in [0.3, 0.4) is 0 Å². The van der Waals surface area contributed by atoms with Crippen LogP contribution in [0.1, 0.15) is 46.5 Å². The summed E-state index contributed by atoms with van der Waals surface area (Å²) in [7, 11) is 0. The molecule has 1 fully saturated rings. The first-order valence-electron chi connectivity index (χ1n) is 6.53.